The molecule has 0 saturated carbocycles. The van der Waals surface area contributed by atoms with Crippen LogP contribution in [0.3, 0.4) is 0 Å². The van der Waals surface area contributed by atoms with Crippen LogP contribution in [0.25, 0.3) is 0 Å². The largest absolute Gasteiger partial charge is 0.466 e. The number of unbranched alkanes of at least 4 members (excludes halogenated alkanes) is 20. The standard InChI is InChI=1S/C36H70O3/c1-4-5-6-25-30-35(37)31-26-21-17-13-14-18-22-27-32-36(38)39-33-28-23-19-15-11-9-7-8-10-12-16-20-24-29-34(2)3/h21,26,34-35,37H,4-20,22-25,27-33H2,1-3H3/b26-21-/t35-/m1/s1. The van der Waals surface area contributed by atoms with E-state index in [1.54, 1.807) is 0 Å². The van der Waals surface area contributed by atoms with Crippen LogP contribution in [0, 0.1) is 5.92 Å². The molecule has 1 N–H and O–H groups in total. The van der Waals surface area contributed by atoms with Crippen LogP contribution in [0.1, 0.15) is 194 Å². The summed E-state index contributed by atoms with van der Waals surface area (Å²) in [7, 11) is 0. The quantitative estimate of drug-likeness (QED) is 0.0530. The highest BCUT2D eigenvalue weighted by molar-refractivity contribution is 5.69. The van der Waals surface area contributed by atoms with E-state index in [0.29, 0.717) is 13.0 Å². The number of allylic oxidation sites excluding steroid dienone is 1. The minimum absolute atomic E-state index is 0.00823. The van der Waals surface area contributed by atoms with Crippen LogP contribution >= 0.6 is 0 Å². The van der Waals surface area contributed by atoms with Crippen molar-refractivity contribution in [2.45, 2.75) is 200 Å². The number of ether oxygens (including phenoxy) is 1. The zero-order valence-corrected chi connectivity index (χ0v) is 26.9. The first kappa shape index (κ1) is 38.2. The fourth-order valence-electron chi connectivity index (χ4n) is 5.21. The molecule has 232 valence electrons. The number of hydrogen-bond donors (Lipinski definition) is 1. The van der Waals surface area contributed by atoms with Crippen molar-refractivity contribution in [1.29, 1.82) is 0 Å². The van der Waals surface area contributed by atoms with E-state index in [9.17, 15) is 9.90 Å². The molecule has 0 aliphatic heterocycles. The van der Waals surface area contributed by atoms with Crippen molar-refractivity contribution < 1.29 is 14.6 Å². The molecule has 0 heterocycles. The van der Waals surface area contributed by atoms with Crippen LogP contribution in [-0.4, -0.2) is 23.8 Å². The van der Waals surface area contributed by atoms with E-state index in [4.69, 9.17) is 4.74 Å². The lowest BCUT2D eigenvalue weighted by Crippen LogP contribution is -2.05. The van der Waals surface area contributed by atoms with Gasteiger partial charge in [-0.3, -0.25) is 4.79 Å². The van der Waals surface area contributed by atoms with Crippen molar-refractivity contribution in [3.8, 4) is 0 Å². The van der Waals surface area contributed by atoms with Gasteiger partial charge in [-0.2, -0.15) is 0 Å². The van der Waals surface area contributed by atoms with Crippen molar-refractivity contribution in [2.24, 2.45) is 5.92 Å². The Labute approximate surface area is 245 Å². The maximum absolute atomic E-state index is 11.9. The second-order valence-electron chi connectivity index (χ2n) is 12.5. The molecule has 0 amide bonds. The topological polar surface area (TPSA) is 46.5 Å². The lowest BCUT2D eigenvalue weighted by Gasteiger charge is -2.07. The summed E-state index contributed by atoms with van der Waals surface area (Å²) < 4.78 is 5.42. The average molecular weight is 551 g/mol. The summed E-state index contributed by atoms with van der Waals surface area (Å²) in [6.45, 7) is 7.48. The second kappa shape index (κ2) is 31.7. The fourth-order valence-corrected chi connectivity index (χ4v) is 5.21. The molecule has 39 heavy (non-hydrogen) atoms. The molecule has 0 aromatic rings. The monoisotopic (exact) mass is 551 g/mol. The third-order valence-electron chi connectivity index (χ3n) is 7.91. The van der Waals surface area contributed by atoms with Crippen LogP contribution in [0.2, 0.25) is 0 Å². The van der Waals surface area contributed by atoms with E-state index in [1.165, 1.54) is 122 Å². The maximum atomic E-state index is 11.9. The van der Waals surface area contributed by atoms with Crippen molar-refractivity contribution in [1.82, 2.24) is 0 Å². The van der Waals surface area contributed by atoms with Gasteiger partial charge in [0, 0.05) is 6.42 Å². The number of esters is 1. The SMILES string of the molecule is CCCCCC[C@@H](O)C/C=C\CCCCCCCC(=O)OCCCCCCCCCCCCCCCC(C)C. The van der Waals surface area contributed by atoms with E-state index < -0.39 is 0 Å². The Hall–Kier alpha value is -0.830. The summed E-state index contributed by atoms with van der Waals surface area (Å²) in [5, 5.41) is 9.98. The molecule has 0 spiro atoms. The number of rotatable bonds is 31. The van der Waals surface area contributed by atoms with Gasteiger partial charge in [0.25, 0.3) is 0 Å². The van der Waals surface area contributed by atoms with Gasteiger partial charge in [-0.15, -0.1) is 0 Å². The minimum Gasteiger partial charge on any atom is -0.466 e. The van der Waals surface area contributed by atoms with Gasteiger partial charge in [0.2, 0.25) is 0 Å². The average Bonchev–Trinajstić information content (AvgIpc) is 2.91. The first-order chi connectivity index (χ1) is 19.1. The zero-order valence-electron chi connectivity index (χ0n) is 26.9. The van der Waals surface area contributed by atoms with Crippen LogP contribution in [0.15, 0.2) is 12.2 Å². The fraction of sp³-hybridized carbons (Fsp3) is 0.917. The summed E-state index contributed by atoms with van der Waals surface area (Å²) >= 11 is 0. The summed E-state index contributed by atoms with van der Waals surface area (Å²) in [6.07, 6.45) is 37.2. The molecule has 0 aliphatic rings. The maximum Gasteiger partial charge on any atom is 0.305 e. The Kier molecular flexibility index (Phi) is 31.0. The van der Waals surface area contributed by atoms with Crippen LogP contribution in [0.4, 0.5) is 0 Å². The normalized spacial score (nSPS) is 12.5. The van der Waals surface area contributed by atoms with Gasteiger partial charge < -0.3 is 9.84 Å². The Morgan fingerprint density at radius 3 is 1.69 bits per heavy atom. The van der Waals surface area contributed by atoms with Crippen molar-refractivity contribution in [3.05, 3.63) is 12.2 Å². The number of hydrogen-bond acceptors (Lipinski definition) is 3. The minimum atomic E-state index is -0.165. The molecule has 0 radical (unpaired) electrons. The lowest BCUT2D eigenvalue weighted by atomic mass is 10.0. The molecule has 0 fully saturated rings. The predicted octanol–water partition coefficient (Wildman–Crippen LogP) is 11.7. The molecular weight excluding hydrogens is 480 g/mol. The van der Waals surface area contributed by atoms with Crippen molar-refractivity contribution in [2.75, 3.05) is 6.61 Å². The van der Waals surface area contributed by atoms with Gasteiger partial charge >= 0.3 is 5.97 Å². The van der Waals surface area contributed by atoms with E-state index in [0.717, 1.165) is 50.9 Å². The van der Waals surface area contributed by atoms with E-state index in [1.807, 2.05) is 0 Å². The van der Waals surface area contributed by atoms with Gasteiger partial charge in [0.1, 0.15) is 0 Å². The smallest absolute Gasteiger partial charge is 0.305 e. The molecule has 0 aromatic carbocycles. The van der Waals surface area contributed by atoms with E-state index in [-0.39, 0.29) is 12.1 Å². The number of aliphatic hydroxyl groups is 1. The predicted molar refractivity (Wildman–Crippen MR) is 171 cm³/mol. The Balaban J connectivity index is 3.26. The molecule has 0 aliphatic carbocycles. The molecule has 0 bridgehead atoms. The molecule has 0 unspecified atom stereocenters. The summed E-state index contributed by atoms with van der Waals surface area (Å²) in [5.74, 6) is 0.859. The molecule has 0 saturated heterocycles. The third-order valence-corrected chi connectivity index (χ3v) is 7.91. The first-order valence-electron chi connectivity index (χ1n) is 17.5. The molecule has 3 heteroatoms. The Morgan fingerprint density at radius 1 is 0.615 bits per heavy atom. The number of aliphatic hydroxyl groups excluding tert-OH is 1. The molecule has 1 atom stereocenters. The van der Waals surface area contributed by atoms with Crippen LogP contribution in [0.5, 0.6) is 0 Å². The Morgan fingerprint density at radius 2 is 1.10 bits per heavy atom. The summed E-state index contributed by atoms with van der Waals surface area (Å²) in [5.41, 5.74) is 0. The van der Waals surface area contributed by atoms with Gasteiger partial charge in [-0.1, -0.05) is 161 Å². The van der Waals surface area contributed by atoms with E-state index in [2.05, 4.69) is 32.9 Å². The molecule has 0 rings (SSSR count). The van der Waals surface area contributed by atoms with Gasteiger partial charge in [0.15, 0.2) is 0 Å². The molecule has 3 nitrogen and oxygen atoms in total. The van der Waals surface area contributed by atoms with E-state index >= 15 is 0 Å². The summed E-state index contributed by atoms with van der Waals surface area (Å²) in [4.78, 5) is 11.9. The van der Waals surface area contributed by atoms with Gasteiger partial charge in [0.05, 0.1) is 12.7 Å². The number of carbonyl (C=O) groups excluding carboxylic acids is 1. The highest BCUT2D eigenvalue weighted by atomic mass is 16.5. The van der Waals surface area contributed by atoms with Crippen molar-refractivity contribution >= 4 is 5.97 Å². The van der Waals surface area contributed by atoms with Crippen LogP contribution < -0.4 is 0 Å². The zero-order chi connectivity index (χ0) is 28.7. The summed E-state index contributed by atoms with van der Waals surface area (Å²) in [6, 6.07) is 0. The third kappa shape index (κ3) is 33.3. The molecule has 0 aromatic heterocycles. The highest BCUT2D eigenvalue weighted by Crippen LogP contribution is 2.15. The first-order valence-corrected chi connectivity index (χ1v) is 17.5. The lowest BCUT2D eigenvalue weighted by molar-refractivity contribution is -0.143. The molecular formula is C36H70O3. The van der Waals surface area contributed by atoms with Gasteiger partial charge in [-0.05, 0) is 44.4 Å². The van der Waals surface area contributed by atoms with Crippen LogP contribution in [-0.2, 0) is 9.53 Å². The highest BCUT2D eigenvalue weighted by Gasteiger charge is 2.03. The number of carbonyl (C=O) groups is 1. The van der Waals surface area contributed by atoms with Crippen molar-refractivity contribution in [3.63, 3.8) is 0 Å². The van der Waals surface area contributed by atoms with Gasteiger partial charge in [-0.25, -0.2) is 0 Å². The second-order valence-corrected chi connectivity index (χ2v) is 12.5. The Bertz CT molecular complexity index is 513.